The maximum Gasteiger partial charge on any atom is 0.160 e. The lowest BCUT2D eigenvalue weighted by Gasteiger charge is -1.86. The first-order valence-electron chi connectivity index (χ1n) is 3.42. The van der Waals surface area contributed by atoms with Gasteiger partial charge in [0.05, 0.1) is 23.1 Å². The average Bonchev–Trinajstić information content (AvgIpc) is 2.75. The number of hydrogen-bond donors (Lipinski definition) is 1. The van der Waals surface area contributed by atoms with Gasteiger partial charge in [-0.05, 0) is 6.07 Å². The van der Waals surface area contributed by atoms with Gasteiger partial charge in [0.15, 0.2) is 6.29 Å². The van der Waals surface area contributed by atoms with Gasteiger partial charge in [0.1, 0.15) is 0 Å². The third-order valence-electron chi connectivity index (χ3n) is 1.55. The number of aromatic nitrogens is 2. The number of hydrogen-bond acceptors (Lipinski definition) is 3. The minimum absolute atomic E-state index is 0.736. The van der Waals surface area contributed by atoms with Gasteiger partial charge in [-0.15, -0.1) is 11.3 Å². The van der Waals surface area contributed by atoms with Gasteiger partial charge in [0.2, 0.25) is 0 Å². The summed E-state index contributed by atoms with van der Waals surface area (Å²) in [7, 11) is 0. The number of H-pyrrole nitrogens is 1. The van der Waals surface area contributed by atoms with Crippen molar-refractivity contribution in [1.29, 1.82) is 0 Å². The van der Waals surface area contributed by atoms with E-state index < -0.39 is 0 Å². The molecule has 0 aliphatic rings. The van der Waals surface area contributed by atoms with Crippen LogP contribution in [-0.4, -0.2) is 16.3 Å². The first-order valence-corrected chi connectivity index (χ1v) is 4.30. The number of aldehydes is 1. The van der Waals surface area contributed by atoms with Crippen LogP contribution in [0.15, 0.2) is 24.0 Å². The molecule has 1 N–H and O–H groups in total. The number of nitrogens with zero attached hydrogens (tertiary/aromatic N) is 1. The van der Waals surface area contributed by atoms with Crippen LogP contribution < -0.4 is 0 Å². The van der Waals surface area contributed by atoms with Crippen molar-refractivity contribution in [3.63, 3.8) is 0 Å². The number of rotatable bonds is 2. The highest BCUT2D eigenvalue weighted by Crippen LogP contribution is 2.21. The molecule has 2 aromatic heterocycles. The molecule has 0 aliphatic heterocycles. The van der Waals surface area contributed by atoms with Crippen molar-refractivity contribution < 1.29 is 4.79 Å². The summed E-state index contributed by atoms with van der Waals surface area (Å²) in [6.45, 7) is 0. The number of nitrogens with one attached hydrogen (secondary N) is 1. The second-order valence-electron chi connectivity index (χ2n) is 2.32. The van der Waals surface area contributed by atoms with Crippen molar-refractivity contribution in [3.8, 4) is 11.3 Å². The SMILES string of the molecule is O=Cc1cc(-c2cnc[nH]2)cs1. The van der Waals surface area contributed by atoms with E-state index in [4.69, 9.17) is 0 Å². The molecule has 0 aliphatic carbocycles. The van der Waals surface area contributed by atoms with E-state index in [1.54, 1.807) is 12.5 Å². The zero-order valence-corrected chi connectivity index (χ0v) is 6.97. The molecule has 3 nitrogen and oxygen atoms in total. The molecule has 12 heavy (non-hydrogen) atoms. The standard InChI is InChI=1S/C8H6N2OS/c11-3-7-1-6(4-12-7)8-2-9-5-10-8/h1-5H,(H,9,10). The molecule has 0 saturated carbocycles. The van der Waals surface area contributed by atoms with E-state index in [0.29, 0.717) is 0 Å². The van der Waals surface area contributed by atoms with E-state index >= 15 is 0 Å². The monoisotopic (exact) mass is 178 g/mol. The van der Waals surface area contributed by atoms with Crippen molar-refractivity contribution >= 4 is 17.6 Å². The molecule has 0 unspecified atom stereocenters. The Morgan fingerprint density at radius 3 is 3.08 bits per heavy atom. The van der Waals surface area contributed by atoms with E-state index in [2.05, 4.69) is 9.97 Å². The lowest BCUT2D eigenvalue weighted by atomic mass is 10.2. The molecule has 60 valence electrons. The predicted octanol–water partition coefficient (Wildman–Crippen LogP) is 1.95. The van der Waals surface area contributed by atoms with Crippen LogP contribution in [-0.2, 0) is 0 Å². The molecular weight excluding hydrogens is 172 g/mol. The highest BCUT2D eigenvalue weighted by atomic mass is 32.1. The van der Waals surface area contributed by atoms with Crippen LogP contribution in [0.2, 0.25) is 0 Å². The Morgan fingerprint density at radius 2 is 2.50 bits per heavy atom. The number of imidazole rings is 1. The first kappa shape index (κ1) is 7.24. The number of carbonyl (C=O) groups is 1. The second kappa shape index (κ2) is 2.91. The fourth-order valence-electron chi connectivity index (χ4n) is 0.970. The highest BCUT2D eigenvalue weighted by Gasteiger charge is 2.01. The zero-order chi connectivity index (χ0) is 8.39. The normalized spacial score (nSPS) is 10.0. The van der Waals surface area contributed by atoms with E-state index in [1.807, 2.05) is 11.4 Å². The van der Waals surface area contributed by atoms with Crippen LogP contribution in [0.4, 0.5) is 0 Å². The van der Waals surface area contributed by atoms with Gasteiger partial charge in [0.25, 0.3) is 0 Å². The van der Waals surface area contributed by atoms with E-state index in [1.165, 1.54) is 11.3 Å². The third kappa shape index (κ3) is 1.16. The first-order chi connectivity index (χ1) is 5.90. The second-order valence-corrected chi connectivity index (χ2v) is 3.26. The molecule has 0 fully saturated rings. The predicted molar refractivity (Wildman–Crippen MR) is 47.3 cm³/mol. The van der Waals surface area contributed by atoms with Crippen LogP contribution in [0.5, 0.6) is 0 Å². The summed E-state index contributed by atoms with van der Waals surface area (Å²) < 4.78 is 0. The Hall–Kier alpha value is -1.42. The molecule has 2 rings (SSSR count). The van der Waals surface area contributed by atoms with Crippen molar-refractivity contribution in [1.82, 2.24) is 9.97 Å². The van der Waals surface area contributed by atoms with Crippen molar-refractivity contribution in [2.75, 3.05) is 0 Å². The summed E-state index contributed by atoms with van der Waals surface area (Å²) in [5.74, 6) is 0. The largest absolute Gasteiger partial charge is 0.345 e. The zero-order valence-electron chi connectivity index (χ0n) is 6.15. The van der Waals surface area contributed by atoms with Gasteiger partial charge >= 0.3 is 0 Å². The topological polar surface area (TPSA) is 45.8 Å². The summed E-state index contributed by atoms with van der Waals surface area (Å²) in [6, 6.07) is 1.84. The van der Waals surface area contributed by atoms with Crippen molar-refractivity contribution in [3.05, 3.63) is 28.8 Å². The Morgan fingerprint density at radius 1 is 1.58 bits per heavy atom. The van der Waals surface area contributed by atoms with Gasteiger partial charge in [-0.2, -0.15) is 0 Å². The van der Waals surface area contributed by atoms with Gasteiger partial charge in [-0.25, -0.2) is 4.98 Å². The molecule has 4 heteroatoms. The summed E-state index contributed by atoms with van der Waals surface area (Å²) in [5, 5.41) is 1.93. The number of carbonyl (C=O) groups excluding carboxylic acids is 1. The quantitative estimate of drug-likeness (QED) is 0.714. The van der Waals surface area contributed by atoms with Crippen LogP contribution in [0.3, 0.4) is 0 Å². The molecule has 0 saturated heterocycles. The Kier molecular flexibility index (Phi) is 1.75. The Bertz CT molecular complexity index is 377. The minimum atomic E-state index is 0.736. The minimum Gasteiger partial charge on any atom is -0.345 e. The maximum atomic E-state index is 10.4. The van der Waals surface area contributed by atoms with Gasteiger partial charge in [0, 0.05) is 10.9 Å². The van der Waals surface area contributed by atoms with E-state index in [-0.39, 0.29) is 0 Å². The van der Waals surface area contributed by atoms with Gasteiger partial charge < -0.3 is 4.98 Å². The molecule has 0 bridgehead atoms. The summed E-state index contributed by atoms with van der Waals surface area (Å²) >= 11 is 1.43. The smallest absolute Gasteiger partial charge is 0.160 e. The number of aromatic amines is 1. The fourth-order valence-corrected chi connectivity index (χ4v) is 1.68. The summed E-state index contributed by atoms with van der Waals surface area (Å²) in [5.41, 5.74) is 1.96. The highest BCUT2D eigenvalue weighted by molar-refractivity contribution is 7.12. The molecule has 0 aromatic carbocycles. The van der Waals surface area contributed by atoms with Crippen LogP contribution in [0.1, 0.15) is 9.67 Å². The van der Waals surface area contributed by atoms with Crippen LogP contribution >= 0.6 is 11.3 Å². The lowest BCUT2D eigenvalue weighted by molar-refractivity contribution is 0.112. The Labute approximate surface area is 73.1 Å². The molecular formula is C8H6N2OS. The molecule has 0 radical (unpaired) electrons. The fraction of sp³-hybridized carbons (Fsp3) is 0. The summed E-state index contributed by atoms with van der Waals surface area (Å²) in [6.07, 6.45) is 4.20. The van der Waals surface area contributed by atoms with Crippen molar-refractivity contribution in [2.24, 2.45) is 0 Å². The molecule has 2 aromatic rings. The molecule has 2 heterocycles. The van der Waals surface area contributed by atoms with Crippen LogP contribution in [0.25, 0.3) is 11.3 Å². The Balaban J connectivity index is 2.41. The average molecular weight is 178 g/mol. The van der Waals surface area contributed by atoms with Gasteiger partial charge in [-0.3, -0.25) is 4.79 Å². The molecule has 0 atom stereocenters. The molecule has 0 amide bonds. The maximum absolute atomic E-state index is 10.4. The van der Waals surface area contributed by atoms with E-state index in [0.717, 1.165) is 22.4 Å². The van der Waals surface area contributed by atoms with E-state index in [9.17, 15) is 4.79 Å². The summed E-state index contributed by atoms with van der Waals surface area (Å²) in [4.78, 5) is 18.0. The lowest BCUT2D eigenvalue weighted by Crippen LogP contribution is -1.71. The third-order valence-corrected chi connectivity index (χ3v) is 2.40. The van der Waals surface area contributed by atoms with Gasteiger partial charge in [-0.1, -0.05) is 0 Å². The molecule has 0 spiro atoms. The van der Waals surface area contributed by atoms with Crippen molar-refractivity contribution in [2.45, 2.75) is 0 Å². The number of thiophene rings is 1. The van der Waals surface area contributed by atoms with Crippen LogP contribution in [0, 0.1) is 0 Å².